The number of benzene rings is 2. The molecule has 10 heteroatoms. The molecule has 0 aliphatic carbocycles. The van der Waals surface area contributed by atoms with Crippen molar-refractivity contribution in [3.63, 3.8) is 0 Å². The molecule has 3 aromatic rings. The van der Waals surface area contributed by atoms with Crippen molar-refractivity contribution < 1.29 is 27.5 Å². The molecule has 0 saturated heterocycles. The van der Waals surface area contributed by atoms with E-state index in [9.17, 15) is 22.8 Å². The highest BCUT2D eigenvalue weighted by atomic mass is 35.5. The summed E-state index contributed by atoms with van der Waals surface area (Å²) in [5.41, 5.74) is 0.462. The van der Waals surface area contributed by atoms with E-state index in [1.807, 2.05) is 0 Å². The number of anilines is 1. The standard InChI is InChI=1S/C19H13ClF3N3O3/c1-10-17(18(20)26(25-10)15-4-2-11(21)3-5-15)19(28)29-9-16(27)24-14-7-12(22)6-13(23)8-14/h2-8H,9H2,1H3,(H,24,27). The summed E-state index contributed by atoms with van der Waals surface area (Å²) in [5.74, 6) is -3.90. The van der Waals surface area contributed by atoms with Crippen LogP contribution in [0.1, 0.15) is 16.1 Å². The Bertz CT molecular complexity index is 1060. The molecule has 0 bridgehead atoms. The molecule has 29 heavy (non-hydrogen) atoms. The molecular formula is C19H13ClF3N3O3. The summed E-state index contributed by atoms with van der Waals surface area (Å²) in [6, 6.07) is 7.75. The Kier molecular flexibility index (Phi) is 5.88. The Labute approximate surface area is 167 Å². The lowest BCUT2D eigenvalue weighted by Crippen LogP contribution is -2.21. The summed E-state index contributed by atoms with van der Waals surface area (Å²) in [7, 11) is 0. The first-order chi connectivity index (χ1) is 13.7. The van der Waals surface area contributed by atoms with Gasteiger partial charge in [-0.1, -0.05) is 11.6 Å². The molecule has 0 radical (unpaired) electrons. The molecule has 6 nitrogen and oxygen atoms in total. The normalized spacial score (nSPS) is 10.7. The molecule has 150 valence electrons. The number of nitrogens with zero attached hydrogens (tertiary/aromatic N) is 2. The maximum absolute atomic E-state index is 13.1. The number of amides is 1. The zero-order valence-corrected chi connectivity index (χ0v) is 15.6. The Morgan fingerprint density at radius 2 is 1.69 bits per heavy atom. The number of halogens is 4. The molecule has 0 atom stereocenters. The minimum Gasteiger partial charge on any atom is -0.452 e. The van der Waals surface area contributed by atoms with E-state index in [0.29, 0.717) is 11.8 Å². The van der Waals surface area contributed by atoms with E-state index in [4.69, 9.17) is 16.3 Å². The number of carbonyl (C=O) groups excluding carboxylic acids is 2. The van der Waals surface area contributed by atoms with Crippen molar-refractivity contribution in [3.8, 4) is 5.69 Å². The van der Waals surface area contributed by atoms with Gasteiger partial charge in [0.25, 0.3) is 5.91 Å². The topological polar surface area (TPSA) is 73.2 Å². The number of hydrogen-bond acceptors (Lipinski definition) is 4. The molecule has 3 rings (SSSR count). The minimum absolute atomic E-state index is 0.0689. The van der Waals surface area contributed by atoms with Crippen LogP contribution in [0.25, 0.3) is 5.69 Å². The molecule has 1 aromatic heterocycles. The van der Waals surface area contributed by atoms with Gasteiger partial charge in [-0.3, -0.25) is 4.79 Å². The number of rotatable bonds is 5. The number of aromatic nitrogens is 2. The zero-order valence-electron chi connectivity index (χ0n) is 14.9. The van der Waals surface area contributed by atoms with Crippen LogP contribution in [-0.4, -0.2) is 28.3 Å². The molecule has 1 amide bonds. The molecule has 2 aromatic carbocycles. The Morgan fingerprint density at radius 1 is 1.07 bits per heavy atom. The van der Waals surface area contributed by atoms with Gasteiger partial charge in [-0.05, 0) is 43.3 Å². The molecular weight excluding hydrogens is 411 g/mol. The highest BCUT2D eigenvalue weighted by Gasteiger charge is 2.23. The first-order valence-corrected chi connectivity index (χ1v) is 8.56. The van der Waals surface area contributed by atoms with Crippen molar-refractivity contribution in [2.45, 2.75) is 6.92 Å². The fourth-order valence-electron chi connectivity index (χ4n) is 2.51. The van der Waals surface area contributed by atoms with Crippen molar-refractivity contribution in [2.24, 2.45) is 0 Å². The van der Waals surface area contributed by atoms with Gasteiger partial charge in [0.1, 0.15) is 28.2 Å². The second-order valence-electron chi connectivity index (χ2n) is 5.92. The van der Waals surface area contributed by atoms with Crippen LogP contribution in [0.3, 0.4) is 0 Å². The maximum Gasteiger partial charge on any atom is 0.343 e. The summed E-state index contributed by atoms with van der Waals surface area (Å²) < 4.78 is 45.5. The average molecular weight is 424 g/mol. The Hall–Kier alpha value is -3.33. The number of carbonyl (C=O) groups is 2. The van der Waals surface area contributed by atoms with Crippen molar-refractivity contribution in [1.82, 2.24) is 9.78 Å². The summed E-state index contributed by atoms with van der Waals surface area (Å²) in [4.78, 5) is 24.2. The smallest absolute Gasteiger partial charge is 0.343 e. The van der Waals surface area contributed by atoms with Gasteiger partial charge < -0.3 is 10.1 Å². The highest BCUT2D eigenvalue weighted by molar-refractivity contribution is 6.33. The van der Waals surface area contributed by atoms with Crippen molar-refractivity contribution in [1.29, 1.82) is 0 Å². The van der Waals surface area contributed by atoms with E-state index in [1.54, 1.807) is 0 Å². The number of aryl methyl sites for hydroxylation is 1. The predicted molar refractivity (Wildman–Crippen MR) is 98.5 cm³/mol. The molecule has 0 saturated carbocycles. The maximum atomic E-state index is 13.1. The van der Waals surface area contributed by atoms with Crippen LogP contribution < -0.4 is 5.32 Å². The van der Waals surface area contributed by atoms with Gasteiger partial charge in [-0.2, -0.15) is 5.10 Å². The highest BCUT2D eigenvalue weighted by Crippen LogP contribution is 2.24. The monoisotopic (exact) mass is 423 g/mol. The molecule has 1 N–H and O–H groups in total. The first kappa shape index (κ1) is 20.4. The second-order valence-corrected chi connectivity index (χ2v) is 6.28. The number of nitrogens with one attached hydrogen (secondary N) is 1. The molecule has 0 fully saturated rings. The lowest BCUT2D eigenvalue weighted by atomic mass is 10.2. The van der Waals surface area contributed by atoms with E-state index in [1.165, 1.54) is 35.9 Å². The Balaban J connectivity index is 1.69. The number of hydrogen-bond donors (Lipinski definition) is 1. The third-order valence-electron chi connectivity index (χ3n) is 3.76. The van der Waals surface area contributed by atoms with Crippen LogP contribution in [0.2, 0.25) is 5.15 Å². The lowest BCUT2D eigenvalue weighted by molar-refractivity contribution is -0.119. The van der Waals surface area contributed by atoms with Gasteiger partial charge in [0.05, 0.1) is 11.4 Å². The summed E-state index contributed by atoms with van der Waals surface area (Å²) in [5, 5.41) is 6.26. The summed E-state index contributed by atoms with van der Waals surface area (Å²) in [6.45, 7) is 0.798. The van der Waals surface area contributed by atoms with E-state index in [0.717, 1.165) is 12.1 Å². The van der Waals surface area contributed by atoms with Crippen LogP contribution in [0, 0.1) is 24.4 Å². The van der Waals surface area contributed by atoms with Gasteiger partial charge in [-0.25, -0.2) is 22.6 Å². The van der Waals surface area contributed by atoms with Crippen molar-refractivity contribution >= 4 is 29.2 Å². The first-order valence-electron chi connectivity index (χ1n) is 8.18. The minimum atomic E-state index is -0.915. The largest absolute Gasteiger partial charge is 0.452 e. The third-order valence-corrected chi connectivity index (χ3v) is 4.11. The van der Waals surface area contributed by atoms with E-state index in [-0.39, 0.29) is 22.1 Å². The molecule has 0 unspecified atom stereocenters. The van der Waals surface area contributed by atoms with Crippen molar-refractivity contribution in [3.05, 3.63) is 76.3 Å². The molecule has 0 aliphatic rings. The van der Waals surface area contributed by atoms with E-state index >= 15 is 0 Å². The fraction of sp³-hybridized carbons (Fsp3) is 0.105. The van der Waals surface area contributed by atoms with Crippen molar-refractivity contribution in [2.75, 3.05) is 11.9 Å². The van der Waals surface area contributed by atoms with Gasteiger partial charge in [0.15, 0.2) is 6.61 Å². The van der Waals surface area contributed by atoms with Crippen LogP contribution >= 0.6 is 11.6 Å². The van der Waals surface area contributed by atoms with Gasteiger partial charge in [0, 0.05) is 11.8 Å². The van der Waals surface area contributed by atoms with Gasteiger partial charge >= 0.3 is 5.97 Å². The van der Waals surface area contributed by atoms with Gasteiger partial charge in [0.2, 0.25) is 0 Å². The number of ether oxygens (including phenoxy) is 1. The van der Waals surface area contributed by atoms with Crippen LogP contribution in [-0.2, 0) is 9.53 Å². The van der Waals surface area contributed by atoms with E-state index in [2.05, 4.69) is 10.4 Å². The molecule has 0 aliphatic heterocycles. The van der Waals surface area contributed by atoms with Crippen LogP contribution in [0.15, 0.2) is 42.5 Å². The molecule has 0 spiro atoms. The SMILES string of the molecule is Cc1nn(-c2ccc(F)cc2)c(Cl)c1C(=O)OCC(=O)Nc1cc(F)cc(F)c1. The molecule has 1 heterocycles. The third kappa shape index (κ3) is 4.75. The van der Waals surface area contributed by atoms with Crippen LogP contribution in [0.4, 0.5) is 18.9 Å². The fourth-order valence-corrected chi connectivity index (χ4v) is 2.86. The predicted octanol–water partition coefficient (Wildman–Crippen LogP) is 4.05. The Morgan fingerprint density at radius 3 is 2.31 bits per heavy atom. The quantitative estimate of drug-likeness (QED) is 0.628. The average Bonchev–Trinajstić information content (AvgIpc) is 2.94. The number of esters is 1. The summed E-state index contributed by atoms with van der Waals surface area (Å²) in [6.07, 6.45) is 0. The van der Waals surface area contributed by atoms with E-state index < -0.39 is 35.9 Å². The lowest BCUT2D eigenvalue weighted by Gasteiger charge is -2.07. The second kappa shape index (κ2) is 8.36. The van der Waals surface area contributed by atoms with Crippen LogP contribution in [0.5, 0.6) is 0 Å². The zero-order chi connectivity index (χ0) is 21.1. The van der Waals surface area contributed by atoms with Gasteiger partial charge in [-0.15, -0.1) is 0 Å². The summed E-state index contributed by atoms with van der Waals surface area (Å²) >= 11 is 6.20.